The van der Waals surface area contributed by atoms with Crippen LogP contribution in [0.1, 0.15) is 329 Å². The van der Waals surface area contributed by atoms with Crippen LogP contribution in [0.25, 0.3) is 0 Å². The number of ether oxygens (including phenoxy) is 3. The molecule has 0 heterocycles. The fraction of sp³-hybridized carbons (Fsp3) is 0.885. The summed E-state index contributed by atoms with van der Waals surface area (Å²) in [5.74, 6) is -0.866. The van der Waals surface area contributed by atoms with Gasteiger partial charge < -0.3 is 14.2 Å². The van der Waals surface area contributed by atoms with E-state index in [9.17, 15) is 14.4 Å². The Hall–Kier alpha value is -2.11. The van der Waals surface area contributed by atoms with Gasteiger partial charge in [0.05, 0.1) is 0 Å². The molecular weight excluding hydrogens is 829 g/mol. The first-order valence-corrected chi connectivity index (χ1v) is 29.8. The minimum Gasteiger partial charge on any atom is -0.462 e. The maximum atomic E-state index is 12.8. The van der Waals surface area contributed by atoms with Crippen LogP contribution >= 0.6 is 0 Å². The van der Waals surface area contributed by atoms with Gasteiger partial charge in [-0.05, 0) is 70.6 Å². The SMILES string of the molecule is CCCCCCCCC/C=C\CCCCCCCCCC(=O)OC(COC(=O)CCCCCCCC)COC(=O)CCCCCCCCCCCCCCC/C=C\CCCCCCCCCC. The van der Waals surface area contributed by atoms with Crippen LogP contribution in [0.4, 0.5) is 0 Å². The van der Waals surface area contributed by atoms with Crippen molar-refractivity contribution in [2.75, 3.05) is 13.2 Å². The molecule has 0 N–H and O–H groups in total. The third kappa shape index (κ3) is 54.7. The lowest BCUT2D eigenvalue weighted by molar-refractivity contribution is -0.167. The summed E-state index contributed by atoms with van der Waals surface area (Å²) in [6, 6.07) is 0. The number of allylic oxidation sites excluding steroid dienone is 4. The van der Waals surface area contributed by atoms with Crippen LogP contribution in [0.15, 0.2) is 24.3 Å². The molecule has 0 spiro atoms. The number of esters is 3. The molecule has 394 valence electrons. The lowest BCUT2D eigenvalue weighted by Gasteiger charge is -2.18. The molecule has 0 aromatic rings. The van der Waals surface area contributed by atoms with Gasteiger partial charge in [-0.3, -0.25) is 14.4 Å². The first-order chi connectivity index (χ1) is 33.0. The highest BCUT2D eigenvalue weighted by Crippen LogP contribution is 2.17. The summed E-state index contributed by atoms with van der Waals surface area (Å²) in [4.78, 5) is 37.9. The molecule has 0 saturated heterocycles. The molecule has 0 aliphatic rings. The molecule has 0 aliphatic heterocycles. The van der Waals surface area contributed by atoms with E-state index in [4.69, 9.17) is 14.2 Å². The Balaban J connectivity index is 4.07. The predicted molar refractivity (Wildman–Crippen MR) is 289 cm³/mol. The van der Waals surface area contributed by atoms with Crippen molar-refractivity contribution < 1.29 is 28.6 Å². The van der Waals surface area contributed by atoms with E-state index in [-0.39, 0.29) is 31.1 Å². The largest absolute Gasteiger partial charge is 0.462 e. The summed E-state index contributed by atoms with van der Waals surface area (Å²) in [5, 5.41) is 0. The monoisotopic (exact) mass is 943 g/mol. The van der Waals surface area contributed by atoms with E-state index >= 15 is 0 Å². The summed E-state index contributed by atoms with van der Waals surface area (Å²) in [5.41, 5.74) is 0. The van der Waals surface area contributed by atoms with Gasteiger partial charge in [0.25, 0.3) is 0 Å². The average Bonchev–Trinajstić information content (AvgIpc) is 3.33. The molecule has 0 aromatic carbocycles. The normalized spacial score (nSPS) is 12.1. The van der Waals surface area contributed by atoms with Gasteiger partial charge in [0.15, 0.2) is 6.10 Å². The molecule has 0 bridgehead atoms. The topological polar surface area (TPSA) is 78.9 Å². The van der Waals surface area contributed by atoms with Crippen molar-refractivity contribution in [2.24, 2.45) is 0 Å². The van der Waals surface area contributed by atoms with Crippen molar-refractivity contribution in [2.45, 2.75) is 335 Å². The molecule has 0 amide bonds. The third-order valence-electron chi connectivity index (χ3n) is 13.4. The summed E-state index contributed by atoms with van der Waals surface area (Å²) < 4.78 is 16.8. The van der Waals surface area contributed by atoms with Gasteiger partial charge in [0, 0.05) is 19.3 Å². The summed E-state index contributed by atoms with van der Waals surface area (Å²) in [6.07, 6.45) is 66.4. The number of carbonyl (C=O) groups excluding carboxylic acids is 3. The van der Waals surface area contributed by atoms with Crippen molar-refractivity contribution in [3.8, 4) is 0 Å². The van der Waals surface area contributed by atoms with Gasteiger partial charge in [0.1, 0.15) is 13.2 Å². The zero-order valence-electron chi connectivity index (χ0n) is 45.2. The zero-order valence-corrected chi connectivity index (χ0v) is 45.2. The molecule has 0 radical (unpaired) electrons. The lowest BCUT2D eigenvalue weighted by Crippen LogP contribution is -2.30. The van der Waals surface area contributed by atoms with Gasteiger partial charge in [-0.15, -0.1) is 0 Å². The molecule has 6 heteroatoms. The van der Waals surface area contributed by atoms with Crippen LogP contribution in [-0.4, -0.2) is 37.2 Å². The van der Waals surface area contributed by atoms with Gasteiger partial charge in [-0.25, -0.2) is 0 Å². The van der Waals surface area contributed by atoms with Crippen LogP contribution in [0.3, 0.4) is 0 Å². The standard InChI is InChI=1S/C61H114O6/c1-4-7-10-13-16-18-20-22-24-26-28-29-30-31-32-33-34-36-37-39-41-43-45-48-51-54-60(63)66-57-58(56-65-59(62)53-50-47-15-12-9-6-3)67-61(64)55-52-49-46-44-42-40-38-35-27-25-23-21-19-17-14-11-8-5-2/h25-28,58H,4-24,29-57H2,1-3H3/b27-25-,28-26-. The van der Waals surface area contributed by atoms with Crippen LogP contribution in [0.5, 0.6) is 0 Å². The Labute approximate surface area is 417 Å². The second-order valence-corrected chi connectivity index (χ2v) is 20.3. The average molecular weight is 944 g/mol. The fourth-order valence-corrected chi connectivity index (χ4v) is 8.91. The highest BCUT2D eigenvalue weighted by molar-refractivity contribution is 5.71. The number of rotatable bonds is 55. The van der Waals surface area contributed by atoms with Crippen molar-refractivity contribution in [3.05, 3.63) is 24.3 Å². The Morgan fingerprint density at radius 2 is 0.493 bits per heavy atom. The highest BCUT2D eigenvalue weighted by Gasteiger charge is 2.19. The molecule has 0 aromatic heterocycles. The Morgan fingerprint density at radius 1 is 0.284 bits per heavy atom. The lowest BCUT2D eigenvalue weighted by atomic mass is 10.0. The molecule has 6 nitrogen and oxygen atoms in total. The molecule has 0 saturated carbocycles. The molecule has 0 aliphatic carbocycles. The molecule has 67 heavy (non-hydrogen) atoms. The number of hydrogen-bond acceptors (Lipinski definition) is 6. The summed E-state index contributed by atoms with van der Waals surface area (Å²) in [6.45, 7) is 6.62. The van der Waals surface area contributed by atoms with Crippen LogP contribution in [0, 0.1) is 0 Å². The molecular formula is C61H114O6. The van der Waals surface area contributed by atoms with Crippen molar-refractivity contribution in [1.29, 1.82) is 0 Å². The smallest absolute Gasteiger partial charge is 0.306 e. The maximum Gasteiger partial charge on any atom is 0.306 e. The first kappa shape index (κ1) is 64.9. The molecule has 1 unspecified atom stereocenters. The van der Waals surface area contributed by atoms with E-state index in [1.54, 1.807) is 0 Å². The van der Waals surface area contributed by atoms with Crippen LogP contribution < -0.4 is 0 Å². The van der Waals surface area contributed by atoms with Gasteiger partial charge in [0.2, 0.25) is 0 Å². The highest BCUT2D eigenvalue weighted by atomic mass is 16.6. The Bertz CT molecular complexity index is 1080. The summed E-state index contributed by atoms with van der Waals surface area (Å²) in [7, 11) is 0. The van der Waals surface area contributed by atoms with Crippen molar-refractivity contribution in [3.63, 3.8) is 0 Å². The van der Waals surface area contributed by atoms with Crippen LogP contribution in [0.2, 0.25) is 0 Å². The maximum absolute atomic E-state index is 12.8. The van der Waals surface area contributed by atoms with E-state index in [0.29, 0.717) is 19.3 Å². The van der Waals surface area contributed by atoms with E-state index in [1.807, 2.05) is 0 Å². The molecule has 0 rings (SSSR count). The quantitative estimate of drug-likeness (QED) is 0.0262. The number of hydrogen-bond donors (Lipinski definition) is 0. The van der Waals surface area contributed by atoms with Crippen LogP contribution in [-0.2, 0) is 28.6 Å². The van der Waals surface area contributed by atoms with E-state index < -0.39 is 6.10 Å². The number of unbranched alkanes of at least 4 members (excludes halogenated alkanes) is 40. The van der Waals surface area contributed by atoms with E-state index in [2.05, 4.69) is 45.1 Å². The minimum atomic E-state index is -0.768. The zero-order chi connectivity index (χ0) is 48.6. The third-order valence-corrected chi connectivity index (χ3v) is 13.4. The van der Waals surface area contributed by atoms with Gasteiger partial charge in [-0.1, -0.05) is 263 Å². The Morgan fingerprint density at radius 3 is 0.746 bits per heavy atom. The van der Waals surface area contributed by atoms with Gasteiger partial charge >= 0.3 is 17.9 Å². The van der Waals surface area contributed by atoms with E-state index in [0.717, 1.165) is 57.8 Å². The predicted octanol–water partition coefficient (Wildman–Crippen LogP) is 19.9. The van der Waals surface area contributed by atoms with Crippen molar-refractivity contribution in [1.82, 2.24) is 0 Å². The number of carbonyl (C=O) groups is 3. The first-order valence-electron chi connectivity index (χ1n) is 29.8. The second-order valence-electron chi connectivity index (χ2n) is 20.3. The molecule has 1 atom stereocenters. The van der Waals surface area contributed by atoms with E-state index in [1.165, 1.54) is 231 Å². The Kier molecular flexibility index (Phi) is 54.7. The van der Waals surface area contributed by atoms with Crippen molar-refractivity contribution >= 4 is 17.9 Å². The fourth-order valence-electron chi connectivity index (χ4n) is 8.91. The second kappa shape index (κ2) is 56.5. The minimum absolute atomic E-state index is 0.0695. The summed E-state index contributed by atoms with van der Waals surface area (Å²) >= 11 is 0. The van der Waals surface area contributed by atoms with Gasteiger partial charge in [-0.2, -0.15) is 0 Å². The molecule has 0 fully saturated rings.